The van der Waals surface area contributed by atoms with E-state index in [2.05, 4.69) is 22.3 Å². The number of nitrogens with one attached hydrogen (secondary N) is 1. The molecular weight excluding hydrogens is 373 g/mol. The molecule has 6 nitrogen and oxygen atoms in total. The van der Waals surface area contributed by atoms with Crippen LogP contribution >= 0.6 is 0 Å². The number of nitrogens with zero attached hydrogens (tertiary/aromatic N) is 3. The van der Waals surface area contributed by atoms with E-state index in [1.807, 2.05) is 25.2 Å². The summed E-state index contributed by atoms with van der Waals surface area (Å²) >= 11 is 0. The van der Waals surface area contributed by atoms with E-state index in [4.69, 9.17) is 0 Å². The summed E-state index contributed by atoms with van der Waals surface area (Å²) in [6.07, 6.45) is -3.63. The van der Waals surface area contributed by atoms with Gasteiger partial charge in [-0.15, -0.1) is 0 Å². The highest BCUT2D eigenvalue weighted by Gasteiger charge is 2.42. The van der Waals surface area contributed by atoms with Gasteiger partial charge in [0.25, 0.3) is 0 Å². The van der Waals surface area contributed by atoms with Gasteiger partial charge in [0.1, 0.15) is 0 Å². The van der Waals surface area contributed by atoms with E-state index in [9.17, 15) is 22.8 Å². The van der Waals surface area contributed by atoms with Crippen molar-refractivity contribution in [3.05, 3.63) is 35.9 Å². The molecule has 3 amide bonds. The van der Waals surface area contributed by atoms with E-state index < -0.39 is 12.1 Å². The van der Waals surface area contributed by atoms with Crippen LogP contribution in [0.3, 0.4) is 0 Å². The van der Waals surface area contributed by atoms with Gasteiger partial charge in [-0.2, -0.15) is 13.2 Å². The normalized spacial score (nSPS) is 15.5. The molecule has 0 spiro atoms. The largest absolute Gasteiger partial charge is 0.471 e. The maximum absolute atomic E-state index is 12.5. The molecular formula is C19H27F3N4O2. The van der Waals surface area contributed by atoms with Crippen molar-refractivity contribution in [3.63, 3.8) is 0 Å². The van der Waals surface area contributed by atoms with Crippen LogP contribution in [0.25, 0.3) is 0 Å². The number of amides is 3. The van der Waals surface area contributed by atoms with Gasteiger partial charge in [0.2, 0.25) is 0 Å². The minimum absolute atomic E-state index is 0.00431. The molecule has 0 radical (unpaired) electrons. The fourth-order valence-electron chi connectivity index (χ4n) is 3.04. The second-order valence-electron chi connectivity index (χ2n) is 6.90. The molecule has 1 aromatic carbocycles. The van der Waals surface area contributed by atoms with Crippen LogP contribution in [0.2, 0.25) is 0 Å². The Kier molecular flexibility index (Phi) is 8.10. The second-order valence-corrected chi connectivity index (χ2v) is 6.90. The SMILES string of the molecule is CN(CCNC(=O)N1CCCN(C(=O)C(F)(F)F)CC1)CCc1ccccc1. The van der Waals surface area contributed by atoms with Crippen molar-refractivity contribution in [2.45, 2.75) is 19.0 Å². The molecule has 0 bridgehead atoms. The lowest BCUT2D eigenvalue weighted by atomic mass is 10.1. The molecule has 1 aliphatic heterocycles. The third-order valence-electron chi connectivity index (χ3n) is 4.71. The summed E-state index contributed by atoms with van der Waals surface area (Å²) in [7, 11) is 1.97. The molecule has 1 N–H and O–H groups in total. The highest BCUT2D eigenvalue weighted by atomic mass is 19.4. The van der Waals surface area contributed by atoms with Gasteiger partial charge in [-0.3, -0.25) is 4.79 Å². The Morgan fingerprint density at radius 1 is 1.04 bits per heavy atom. The van der Waals surface area contributed by atoms with Crippen LogP contribution in [0.15, 0.2) is 30.3 Å². The number of urea groups is 1. The summed E-state index contributed by atoms with van der Waals surface area (Å²) in [6.45, 7) is 2.30. The Bertz CT molecular complexity index is 640. The van der Waals surface area contributed by atoms with E-state index in [0.717, 1.165) is 17.9 Å². The topological polar surface area (TPSA) is 55.9 Å². The summed E-state index contributed by atoms with van der Waals surface area (Å²) in [5.74, 6) is -1.84. The Morgan fingerprint density at radius 3 is 2.36 bits per heavy atom. The smallest absolute Gasteiger partial charge is 0.337 e. The molecule has 0 aliphatic carbocycles. The number of hydrogen-bond donors (Lipinski definition) is 1. The van der Waals surface area contributed by atoms with Gasteiger partial charge >= 0.3 is 18.1 Å². The Morgan fingerprint density at radius 2 is 1.68 bits per heavy atom. The van der Waals surface area contributed by atoms with E-state index in [-0.39, 0.29) is 25.7 Å². The number of likely N-dealkylation sites (N-methyl/N-ethyl adjacent to an activating group) is 1. The molecule has 1 fully saturated rings. The van der Waals surface area contributed by atoms with E-state index in [1.54, 1.807) is 0 Å². The fraction of sp³-hybridized carbons (Fsp3) is 0.579. The number of hydrogen-bond acceptors (Lipinski definition) is 3. The first kappa shape index (κ1) is 22.0. The molecule has 0 saturated carbocycles. The lowest BCUT2D eigenvalue weighted by Crippen LogP contribution is -2.46. The predicted octanol–water partition coefficient (Wildman–Crippen LogP) is 1.97. The minimum Gasteiger partial charge on any atom is -0.337 e. The maximum atomic E-state index is 12.5. The molecule has 1 heterocycles. The molecule has 28 heavy (non-hydrogen) atoms. The number of rotatable bonds is 6. The second kappa shape index (κ2) is 10.3. The van der Waals surface area contributed by atoms with Gasteiger partial charge in [0, 0.05) is 45.8 Å². The third kappa shape index (κ3) is 7.03. The molecule has 1 saturated heterocycles. The van der Waals surface area contributed by atoms with Crippen molar-refractivity contribution < 1.29 is 22.8 Å². The Labute approximate surface area is 163 Å². The number of carbonyl (C=O) groups excluding carboxylic acids is 2. The summed E-state index contributed by atoms with van der Waals surface area (Å²) < 4.78 is 37.6. The van der Waals surface area contributed by atoms with Crippen LogP contribution in [-0.4, -0.2) is 85.7 Å². The summed E-state index contributed by atoms with van der Waals surface area (Å²) in [4.78, 5) is 27.9. The first-order chi connectivity index (χ1) is 13.3. The van der Waals surface area contributed by atoms with Crippen LogP contribution in [0.1, 0.15) is 12.0 Å². The summed E-state index contributed by atoms with van der Waals surface area (Å²) in [5.41, 5.74) is 1.25. The van der Waals surface area contributed by atoms with Crippen LogP contribution in [-0.2, 0) is 11.2 Å². The van der Waals surface area contributed by atoms with Gasteiger partial charge in [-0.25, -0.2) is 4.79 Å². The van der Waals surface area contributed by atoms with Gasteiger partial charge in [-0.05, 0) is 25.5 Å². The molecule has 156 valence electrons. The molecule has 1 aromatic rings. The average molecular weight is 400 g/mol. The quantitative estimate of drug-likeness (QED) is 0.795. The van der Waals surface area contributed by atoms with Crippen molar-refractivity contribution in [1.82, 2.24) is 20.0 Å². The minimum atomic E-state index is -4.87. The maximum Gasteiger partial charge on any atom is 0.471 e. The summed E-state index contributed by atoms with van der Waals surface area (Å²) in [6, 6.07) is 9.81. The number of benzene rings is 1. The van der Waals surface area contributed by atoms with Gasteiger partial charge < -0.3 is 20.0 Å². The zero-order valence-corrected chi connectivity index (χ0v) is 16.0. The lowest BCUT2D eigenvalue weighted by Gasteiger charge is -2.23. The average Bonchev–Trinajstić information content (AvgIpc) is 2.92. The summed E-state index contributed by atoms with van der Waals surface area (Å²) in [5, 5.41) is 2.80. The van der Waals surface area contributed by atoms with E-state index >= 15 is 0 Å². The number of alkyl halides is 3. The lowest BCUT2D eigenvalue weighted by molar-refractivity contribution is -0.185. The van der Waals surface area contributed by atoms with Crippen molar-refractivity contribution in [1.29, 1.82) is 0 Å². The molecule has 1 aliphatic rings. The van der Waals surface area contributed by atoms with Gasteiger partial charge in [0.15, 0.2) is 0 Å². The van der Waals surface area contributed by atoms with Crippen LogP contribution in [0.4, 0.5) is 18.0 Å². The first-order valence-corrected chi connectivity index (χ1v) is 9.38. The third-order valence-corrected chi connectivity index (χ3v) is 4.71. The van der Waals surface area contributed by atoms with E-state index in [1.165, 1.54) is 10.5 Å². The number of carbonyl (C=O) groups is 2. The van der Waals surface area contributed by atoms with Crippen molar-refractivity contribution in [3.8, 4) is 0 Å². The molecule has 2 rings (SSSR count). The molecule has 0 aromatic heterocycles. The molecule has 9 heteroatoms. The van der Waals surface area contributed by atoms with Crippen LogP contribution in [0.5, 0.6) is 0 Å². The zero-order valence-electron chi connectivity index (χ0n) is 16.0. The predicted molar refractivity (Wildman–Crippen MR) is 99.9 cm³/mol. The number of halogens is 3. The van der Waals surface area contributed by atoms with Crippen LogP contribution in [0, 0.1) is 0 Å². The van der Waals surface area contributed by atoms with Crippen LogP contribution < -0.4 is 5.32 Å². The van der Waals surface area contributed by atoms with Crippen molar-refractivity contribution in [2.75, 3.05) is 52.9 Å². The highest BCUT2D eigenvalue weighted by molar-refractivity contribution is 5.82. The molecule has 0 unspecified atom stereocenters. The highest BCUT2D eigenvalue weighted by Crippen LogP contribution is 2.19. The standard InChI is InChI=1S/C19H27F3N4O2/c1-24(12-8-16-6-3-2-4-7-16)13-9-23-18(28)26-11-5-10-25(14-15-26)17(27)19(20,21)22/h2-4,6-7H,5,8-15H2,1H3,(H,23,28). The Hall–Kier alpha value is -2.29. The van der Waals surface area contributed by atoms with Gasteiger partial charge in [0.05, 0.1) is 0 Å². The van der Waals surface area contributed by atoms with Crippen molar-refractivity contribution in [2.24, 2.45) is 0 Å². The van der Waals surface area contributed by atoms with Crippen molar-refractivity contribution >= 4 is 11.9 Å². The first-order valence-electron chi connectivity index (χ1n) is 9.38. The zero-order chi connectivity index (χ0) is 20.6. The fourth-order valence-corrected chi connectivity index (χ4v) is 3.04. The van der Waals surface area contributed by atoms with E-state index in [0.29, 0.717) is 26.1 Å². The Balaban J connectivity index is 1.68. The monoisotopic (exact) mass is 400 g/mol. The van der Waals surface area contributed by atoms with Gasteiger partial charge in [-0.1, -0.05) is 30.3 Å². The molecule has 0 atom stereocenters.